The Labute approximate surface area is 131 Å². The average molecular weight is 325 g/mol. The molecule has 5 nitrogen and oxygen atoms in total. The number of likely N-dealkylation sites (N-methyl/N-ethyl adjacent to an activating group) is 1. The average Bonchev–Trinajstić information content (AvgIpc) is 3.04. The molecule has 1 atom stereocenters. The summed E-state index contributed by atoms with van der Waals surface area (Å²) in [5.74, 6) is -0.138. The molecule has 114 valence electrons. The molecule has 0 aliphatic carbocycles. The van der Waals surface area contributed by atoms with Gasteiger partial charge >= 0.3 is 4.87 Å². The predicted octanol–water partition coefficient (Wildman–Crippen LogP) is 1.70. The number of aryl methyl sites for hydroxylation is 1. The molecule has 2 rings (SSSR count). The van der Waals surface area contributed by atoms with E-state index in [-0.39, 0.29) is 23.4 Å². The Balaban J connectivity index is 1.95. The van der Waals surface area contributed by atoms with E-state index in [1.807, 2.05) is 26.4 Å². The molecule has 1 unspecified atom stereocenters. The first-order valence-corrected chi connectivity index (χ1v) is 8.41. The topological polar surface area (TPSA) is 54.3 Å². The van der Waals surface area contributed by atoms with Crippen molar-refractivity contribution in [1.82, 2.24) is 14.8 Å². The molecule has 0 aromatic carbocycles. The van der Waals surface area contributed by atoms with Crippen molar-refractivity contribution in [3.63, 3.8) is 0 Å². The minimum Gasteiger partial charge on any atom is -0.353 e. The molecular weight excluding hydrogens is 306 g/mol. The van der Waals surface area contributed by atoms with E-state index in [1.165, 1.54) is 10.1 Å². The summed E-state index contributed by atoms with van der Waals surface area (Å²) in [6.07, 6.45) is 0. The molecule has 21 heavy (non-hydrogen) atoms. The fourth-order valence-electron chi connectivity index (χ4n) is 2.07. The van der Waals surface area contributed by atoms with E-state index in [0.717, 1.165) is 17.0 Å². The lowest BCUT2D eigenvalue weighted by Gasteiger charge is -2.24. The predicted molar refractivity (Wildman–Crippen MR) is 87.1 cm³/mol. The monoisotopic (exact) mass is 325 g/mol. The van der Waals surface area contributed by atoms with Crippen LogP contribution in [0.5, 0.6) is 0 Å². The largest absolute Gasteiger partial charge is 0.353 e. The molecule has 0 radical (unpaired) electrons. The maximum absolute atomic E-state index is 12.0. The number of nitrogens with one attached hydrogen (secondary N) is 1. The third-order valence-corrected chi connectivity index (χ3v) is 4.90. The van der Waals surface area contributed by atoms with Gasteiger partial charge in [-0.25, -0.2) is 0 Å². The Hall–Kier alpha value is -1.44. The molecule has 0 fully saturated rings. The summed E-state index contributed by atoms with van der Waals surface area (Å²) in [5, 5.41) is 8.80. The van der Waals surface area contributed by atoms with Gasteiger partial charge in [0.15, 0.2) is 0 Å². The number of amides is 1. The molecule has 1 N–H and O–H groups in total. The maximum atomic E-state index is 12.0. The van der Waals surface area contributed by atoms with Gasteiger partial charge in [-0.2, -0.15) is 11.3 Å². The molecule has 1 amide bonds. The summed E-state index contributed by atoms with van der Waals surface area (Å²) in [5.41, 5.74) is 2.01. The molecule has 0 aliphatic rings. The van der Waals surface area contributed by atoms with E-state index in [4.69, 9.17) is 0 Å². The van der Waals surface area contributed by atoms with Crippen LogP contribution in [-0.2, 0) is 11.3 Å². The van der Waals surface area contributed by atoms with E-state index in [9.17, 15) is 9.59 Å². The number of aromatic nitrogens is 1. The third kappa shape index (κ3) is 4.03. The van der Waals surface area contributed by atoms with Gasteiger partial charge in [-0.05, 0) is 43.4 Å². The molecular formula is C14H19N3O2S2. The fourth-order valence-corrected chi connectivity index (χ4v) is 3.51. The highest BCUT2D eigenvalue weighted by Gasteiger charge is 2.16. The van der Waals surface area contributed by atoms with Crippen LogP contribution in [-0.4, -0.2) is 36.0 Å². The molecule has 2 aromatic rings. The highest BCUT2D eigenvalue weighted by Crippen LogP contribution is 2.19. The summed E-state index contributed by atoms with van der Waals surface area (Å²) >= 11 is 2.76. The van der Waals surface area contributed by atoms with Crippen LogP contribution < -0.4 is 10.2 Å². The van der Waals surface area contributed by atoms with Crippen molar-refractivity contribution in [1.29, 1.82) is 0 Å². The van der Waals surface area contributed by atoms with Gasteiger partial charge in [-0.1, -0.05) is 11.3 Å². The van der Waals surface area contributed by atoms with Crippen LogP contribution in [0.25, 0.3) is 0 Å². The van der Waals surface area contributed by atoms with Gasteiger partial charge in [0.1, 0.15) is 6.54 Å². The lowest BCUT2D eigenvalue weighted by atomic mass is 10.1. The Morgan fingerprint density at radius 3 is 2.71 bits per heavy atom. The van der Waals surface area contributed by atoms with Crippen LogP contribution in [0, 0.1) is 6.92 Å². The maximum Gasteiger partial charge on any atom is 0.307 e. The van der Waals surface area contributed by atoms with Crippen molar-refractivity contribution in [3.8, 4) is 0 Å². The van der Waals surface area contributed by atoms with E-state index in [0.29, 0.717) is 6.54 Å². The molecule has 0 spiro atoms. The van der Waals surface area contributed by atoms with Gasteiger partial charge in [-0.3, -0.25) is 14.2 Å². The summed E-state index contributed by atoms with van der Waals surface area (Å²) < 4.78 is 1.50. The van der Waals surface area contributed by atoms with Gasteiger partial charge < -0.3 is 10.2 Å². The lowest BCUT2D eigenvalue weighted by Crippen LogP contribution is -2.37. The summed E-state index contributed by atoms with van der Waals surface area (Å²) in [6.45, 7) is 2.44. The van der Waals surface area contributed by atoms with Gasteiger partial charge in [0.05, 0.1) is 6.04 Å². The summed E-state index contributed by atoms with van der Waals surface area (Å²) in [4.78, 5) is 25.6. The van der Waals surface area contributed by atoms with E-state index in [1.54, 1.807) is 16.7 Å². The van der Waals surface area contributed by atoms with E-state index < -0.39 is 0 Å². The quantitative estimate of drug-likeness (QED) is 0.879. The Morgan fingerprint density at radius 1 is 1.43 bits per heavy atom. The summed E-state index contributed by atoms with van der Waals surface area (Å²) in [7, 11) is 3.98. The zero-order valence-electron chi connectivity index (χ0n) is 12.3. The second-order valence-electron chi connectivity index (χ2n) is 5.07. The number of rotatable bonds is 6. The molecule has 2 heterocycles. The molecule has 0 saturated heterocycles. The van der Waals surface area contributed by atoms with Gasteiger partial charge in [0.25, 0.3) is 0 Å². The number of hydrogen-bond donors (Lipinski definition) is 1. The number of carbonyl (C=O) groups excluding carboxylic acids is 1. The first kappa shape index (κ1) is 15.9. The number of hydrogen-bond acceptors (Lipinski definition) is 5. The normalized spacial score (nSPS) is 12.6. The van der Waals surface area contributed by atoms with Crippen LogP contribution in [0.4, 0.5) is 0 Å². The first-order chi connectivity index (χ1) is 9.99. The van der Waals surface area contributed by atoms with Crippen molar-refractivity contribution < 1.29 is 4.79 Å². The SMILES string of the molecule is Cc1csc(=O)n1CC(=O)NCC(c1ccsc1)N(C)C. The molecule has 0 aliphatic heterocycles. The third-order valence-electron chi connectivity index (χ3n) is 3.32. The van der Waals surface area contributed by atoms with Gasteiger partial charge in [0.2, 0.25) is 5.91 Å². The van der Waals surface area contributed by atoms with Crippen LogP contribution in [0.15, 0.2) is 27.0 Å². The number of carbonyl (C=O) groups is 1. The Morgan fingerprint density at radius 2 is 2.19 bits per heavy atom. The van der Waals surface area contributed by atoms with Gasteiger partial charge in [0, 0.05) is 17.6 Å². The molecule has 0 saturated carbocycles. The zero-order valence-corrected chi connectivity index (χ0v) is 14.0. The smallest absolute Gasteiger partial charge is 0.307 e. The van der Waals surface area contributed by atoms with Crippen LogP contribution in [0.1, 0.15) is 17.3 Å². The van der Waals surface area contributed by atoms with E-state index >= 15 is 0 Å². The number of thiazole rings is 1. The fraction of sp³-hybridized carbons (Fsp3) is 0.429. The van der Waals surface area contributed by atoms with Crippen LogP contribution >= 0.6 is 22.7 Å². The second-order valence-corrected chi connectivity index (χ2v) is 6.67. The van der Waals surface area contributed by atoms with Crippen LogP contribution in [0.2, 0.25) is 0 Å². The van der Waals surface area contributed by atoms with Crippen LogP contribution in [0.3, 0.4) is 0 Å². The first-order valence-electron chi connectivity index (χ1n) is 6.59. The zero-order chi connectivity index (χ0) is 15.4. The van der Waals surface area contributed by atoms with Crippen molar-refractivity contribution in [2.24, 2.45) is 0 Å². The lowest BCUT2D eigenvalue weighted by molar-refractivity contribution is -0.121. The van der Waals surface area contributed by atoms with Crippen molar-refractivity contribution in [2.45, 2.75) is 19.5 Å². The number of thiophene rings is 1. The minimum absolute atomic E-state index is 0.0813. The summed E-state index contributed by atoms with van der Waals surface area (Å²) in [6, 6.07) is 2.20. The van der Waals surface area contributed by atoms with Gasteiger partial charge in [-0.15, -0.1) is 0 Å². The molecule has 7 heteroatoms. The standard InChI is InChI=1S/C14H19N3O2S2/c1-10-8-21-14(19)17(10)7-13(18)15-6-12(16(2)3)11-4-5-20-9-11/h4-5,8-9,12H,6-7H2,1-3H3,(H,15,18). The Bertz CT molecular complexity index is 643. The van der Waals surface area contributed by atoms with Crippen molar-refractivity contribution >= 4 is 28.6 Å². The minimum atomic E-state index is -0.138. The number of nitrogens with zero attached hydrogens (tertiary/aromatic N) is 2. The second kappa shape index (κ2) is 7.02. The highest BCUT2D eigenvalue weighted by molar-refractivity contribution is 7.08. The Kier molecular flexibility index (Phi) is 5.33. The molecule has 2 aromatic heterocycles. The van der Waals surface area contributed by atoms with E-state index in [2.05, 4.69) is 21.7 Å². The molecule has 0 bridgehead atoms. The highest BCUT2D eigenvalue weighted by atomic mass is 32.1. The van der Waals surface area contributed by atoms with Crippen molar-refractivity contribution in [2.75, 3.05) is 20.6 Å². The van der Waals surface area contributed by atoms with Crippen molar-refractivity contribution in [3.05, 3.63) is 43.1 Å².